The van der Waals surface area contributed by atoms with Crippen molar-refractivity contribution in [3.63, 3.8) is 0 Å². The van der Waals surface area contributed by atoms with Crippen LogP contribution in [-0.2, 0) is 6.42 Å². The Balaban J connectivity index is 2.34. The first kappa shape index (κ1) is 10.7. The zero-order chi connectivity index (χ0) is 10.8. The average molecular weight is 205 g/mol. The van der Waals surface area contributed by atoms with Crippen molar-refractivity contribution in [1.82, 2.24) is 5.32 Å². The van der Waals surface area contributed by atoms with Crippen LogP contribution in [0, 0.1) is 5.92 Å². The van der Waals surface area contributed by atoms with E-state index in [0.717, 1.165) is 6.42 Å². The number of aliphatic hydroxyl groups excluding tert-OH is 1. The largest absolute Gasteiger partial charge is 0.395 e. The Morgan fingerprint density at radius 2 is 2.13 bits per heavy atom. The summed E-state index contributed by atoms with van der Waals surface area (Å²) in [5.74, 6) is 0.556. The molecule has 2 N–H and O–H groups in total. The lowest BCUT2D eigenvalue weighted by molar-refractivity contribution is 0.210. The predicted octanol–water partition coefficient (Wildman–Crippen LogP) is 1.89. The van der Waals surface area contributed by atoms with E-state index in [4.69, 9.17) is 0 Å². The summed E-state index contributed by atoms with van der Waals surface area (Å²) < 4.78 is 0. The summed E-state index contributed by atoms with van der Waals surface area (Å²) >= 11 is 0. The highest BCUT2D eigenvalue weighted by molar-refractivity contribution is 5.33. The van der Waals surface area contributed by atoms with Gasteiger partial charge in [0.1, 0.15) is 0 Å². The summed E-state index contributed by atoms with van der Waals surface area (Å²) in [5, 5.41) is 12.8. The monoisotopic (exact) mass is 205 g/mol. The smallest absolute Gasteiger partial charge is 0.0588 e. The molecule has 0 saturated carbocycles. The van der Waals surface area contributed by atoms with Gasteiger partial charge in [-0.25, -0.2) is 0 Å². The topological polar surface area (TPSA) is 32.3 Å². The predicted molar refractivity (Wildman–Crippen MR) is 61.7 cm³/mol. The maximum absolute atomic E-state index is 9.25. The van der Waals surface area contributed by atoms with Crippen molar-refractivity contribution in [3.8, 4) is 0 Å². The third-order valence-electron chi connectivity index (χ3n) is 3.16. The van der Waals surface area contributed by atoms with E-state index in [2.05, 4.69) is 43.4 Å². The van der Waals surface area contributed by atoms with Gasteiger partial charge in [0.05, 0.1) is 6.61 Å². The van der Waals surface area contributed by atoms with Gasteiger partial charge in [-0.15, -0.1) is 0 Å². The molecule has 1 aliphatic heterocycles. The van der Waals surface area contributed by atoms with Gasteiger partial charge in [0.15, 0.2) is 0 Å². The van der Waals surface area contributed by atoms with Crippen molar-refractivity contribution >= 4 is 0 Å². The molecular formula is C13H19NO. The molecule has 2 rings (SSSR count). The minimum atomic E-state index is 0.215. The molecule has 0 aliphatic carbocycles. The first-order chi connectivity index (χ1) is 7.22. The van der Waals surface area contributed by atoms with Crippen molar-refractivity contribution in [2.45, 2.75) is 32.4 Å². The lowest BCUT2D eigenvalue weighted by Crippen LogP contribution is -2.43. The summed E-state index contributed by atoms with van der Waals surface area (Å²) in [6, 6.07) is 9.14. The SMILES string of the molecule is CC(C)[C@@H]1N[C@H](CO)Cc2ccccc21. The normalized spacial score (nSPS) is 25.3. The highest BCUT2D eigenvalue weighted by Crippen LogP contribution is 2.30. The number of benzene rings is 1. The number of fused-ring (bicyclic) bond motifs is 1. The molecule has 15 heavy (non-hydrogen) atoms. The molecule has 0 saturated heterocycles. The van der Waals surface area contributed by atoms with E-state index >= 15 is 0 Å². The first-order valence-electron chi connectivity index (χ1n) is 5.67. The van der Waals surface area contributed by atoms with E-state index in [-0.39, 0.29) is 12.6 Å². The summed E-state index contributed by atoms with van der Waals surface area (Å²) in [7, 11) is 0. The van der Waals surface area contributed by atoms with Crippen LogP contribution in [0.4, 0.5) is 0 Å². The molecule has 1 aromatic rings. The number of hydrogen-bond donors (Lipinski definition) is 2. The molecule has 82 valence electrons. The fourth-order valence-electron chi connectivity index (χ4n) is 2.36. The molecule has 1 heterocycles. The minimum absolute atomic E-state index is 0.215. The second-order valence-electron chi connectivity index (χ2n) is 4.67. The summed E-state index contributed by atoms with van der Waals surface area (Å²) in [6.07, 6.45) is 0.940. The van der Waals surface area contributed by atoms with Crippen molar-refractivity contribution < 1.29 is 5.11 Å². The minimum Gasteiger partial charge on any atom is -0.395 e. The average Bonchev–Trinajstić information content (AvgIpc) is 2.27. The van der Waals surface area contributed by atoms with Crippen LogP contribution >= 0.6 is 0 Å². The molecule has 0 bridgehead atoms. The van der Waals surface area contributed by atoms with Gasteiger partial charge in [-0.05, 0) is 23.5 Å². The molecule has 0 unspecified atom stereocenters. The second kappa shape index (κ2) is 4.33. The molecular weight excluding hydrogens is 186 g/mol. The molecule has 0 spiro atoms. The number of nitrogens with one attached hydrogen (secondary N) is 1. The van der Waals surface area contributed by atoms with Gasteiger partial charge in [0, 0.05) is 12.1 Å². The quantitative estimate of drug-likeness (QED) is 0.772. The standard InChI is InChI=1S/C13H19NO/c1-9(2)13-12-6-4-3-5-10(12)7-11(8-15)14-13/h3-6,9,11,13-15H,7-8H2,1-2H3/t11-,13-/m0/s1. The van der Waals surface area contributed by atoms with E-state index in [1.807, 2.05) is 0 Å². The Bertz CT molecular complexity index is 335. The van der Waals surface area contributed by atoms with E-state index in [1.54, 1.807) is 0 Å². The van der Waals surface area contributed by atoms with Crippen molar-refractivity contribution in [3.05, 3.63) is 35.4 Å². The molecule has 0 aromatic heterocycles. The van der Waals surface area contributed by atoms with Gasteiger partial charge in [0.25, 0.3) is 0 Å². The molecule has 2 nitrogen and oxygen atoms in total. The zero-order valence-electron chi connectivity index (χ0n) is 9.40. The fraction of sp³-hybridized carbons (Fsp3) is 0.538. The fourth-order valence-corrected chi connectivity index (χ4v) is 2.36. The molecule has 1 aliphatic rings. The second-order valence-corrected chi connectivity index (χ2v) is 4.67. The maximum Gasteiger partial charge on any atom is 0.0588 e. The van der Waals surface area contributed by atoms with E-state index in [9.17, 15) is 5.11 Å². The van der Waals surface area contributed by atoms with Crippen LogP contribution in [0.25, 0.3) is 0 Å². The van der Waals surface area contributed by atoms with Gasteiger partial charge >= 0.3 is 0 Å². The maximum atomic E-state index is 9.25. The lowest BCUT2D eigenvalue weighted by Gasteiger charge is -2.34. The third kappa shape index (κ3) is 2.06. The number of hydrogen-bond acceptors (Lipinski definition) is 2. The summed E-state index contributed by atoms with van der Waals surface area (Å²) in [4.78, 5) is 0. The van der Waals surface area contributed by atoms with E-state index in [0.29, 0.717) is 12.0 Å². The summed E-state index contributed by atoms with van der Waals surface area (Å²) in [6.45, 7) is 4.65. The lowest BCUT2D eigenvalue weighted by atomic mass is 9.85. The van der Waals surface area contributed by atoms with Crippen molar-refractivity contribution in [1.29, 1.82) is 0 Å². The molecule has 0 amide bonds. The Labute approximate surface area is 91.3 Å². The number of rotatable bonds is 2. The highest BCUT2D eigenvalue weighted by atomic mass is 16.3. The molecule has 2 heteroatoms. The van der Waals surface area contributed by atoms with Crippen LogP contribution in [0.3, 0.4) is 0 Å². The Hall–Kier alpha value is -0.860. The number of aliphatic hydroxyl groups is 1. The van der Waals surface area contributed by atoms with Gasteiger partial charge < -0.3 is 10.4 Å². The van der Waals surface area contributed by atoms with Crippen molar-refractivity contribution in [2.24, 2.45) is 5.92 Å². The Morgan fingerprint density at radius 3 is 2.80 bits per heavy atom. The molecule has 0 radical (unpaired) electrons. The third-order valence-corrected chi connectivity index (χ3v) is 3.16. The molecule has 0 fully saturated rings. The van der Waals surface area contributed by atoms with Gasteiger partial charge in [-0.2, -0.15) is 0 Å². The van der Waals surface area contributed by atoms with E-state index < -0.39 is 0 Å². The first-order valence-corrected chi connectivity index (χ1v) is 5.67. The molecule has 2 atom stereocenters. The molecule has 1 aromatic carbocycles. The van der Waals surface area contributed by atoms with Crippen LogP contribution < -0.4 is 5.32 Å². The van der Waals surface area contributed by atoms with Crippen LogP contribution in [0.2, 0.25) is 0 Å². The Kier molecular flexibility index (Phi) is 3.08. The summed E-state index contributed by atoms with van der Waals surface area (Å²) in [5.41, 5.74) is 2.78. The van der Waals surface area contributed by atoms with E-state index in [1.165, 1.54) is 11.1 Å². The van der Waals surface area contributed by atoms with Crippen LogP contribution in [0.15, 0.2) is 24.3 Å². The van der Waals surface area contributed by atoms with Crippen LogP contribution in [-0.4, -0.2) is 17.8 Å². The van der Waals surface area contributed by atoms with Crippen LogP contribution in [0.1, 0.15) is 31.0 Å². The van der Waals surface area contributed by atoms with Gasteiger partial charge in [-0.1, -0.05) is 38.1 Å². The van der Waals surface area contributed by atoms with Gasteiger partial charge in [0.2, 0.25) is 0 Å². The zero-order valence-corrected chi connectivity index (χ0v) is 9.40. The van der Waals surface area contributed by atoms with Crippen molar-refractivity contribution in [2.75, 3.05) is 6.61 Å². The highest BCUT2D eigenvalue weighted by Gasteiger charge is 2.27. The van der Waals surface area contributed by atoms with Gasteiger partial charge in [-0.3, -0.25) is 0 Å². The van der Waals surface area contributed by atoms with Crippen LogP contribution in [0.5, 0.6) is 0 Å². The Morgan fingerprint density at radius 1 is 1.40 bits per heavy atom.